The summed E-state index contributed by atoms with van der Waals surface area (Å²) in [5, 5.41) is 6.01. The summed E-state index contributed by atoms with van der Waals surface area (Å²) in [6, 6.07) is 3.93. The summed E-state index contributed by atoms with van der Waals surface area (Å²) in [6.45, 7) is 0.440. The van der Waals surface area contributed by atoms with Crippen LogP contribution < -0.4 is 10.1 Å². The molecule has 2 aromatic rings. The standard InChI is InChI=1S/C14H15BrN2O2S/c1-16-14-10(3-2-5-18)7-11(15)8-12(14)19-9-13-17-4-6-20-13/h4-8,16H,2-3,9H2,1H3. The van der Waals surface area contributed by atoms with Crippen molar-refractivity contribution in [1.82, 2.24) is 4.98 Å². The van der Waals surface area contributed by atoms with Crippen LogP contribution in [0.25, 0.3) is 0 Å². The van der Waals surface area contributed by atoms with Gasteiger partial charge in [0.15, 0.2) is 0 Å². The minimum atomic E-state index is 0.440. The molecule has 2 rings (SSSR count). The highest BCUT2D eigenvalue weighted by Gasteiger charge is 2.11. The minimum Gasteiger partial charge on any atom is -0.484 e. The van der Waals surface area contributed by atoms with Crippen molar-refractivity contribution in [2.75, 3.05) is 12.4 Å². The molecular weight excluding hydrogens is 340 g/mol. The summed E-state index contributed by atoms with van der Waals surface area (Å²) >= 11 is 5.04. The van der Waals surface area contributed by atoms with E-state index >= 15 is 0 Å². The molecule has 20 heavy (non-hydrogen) atoms. The van der Waals surface area contributed by atoms with Crippen molar-refractivity contribution in [2.45, 2.75) is 19.4 Å². The summed E-state index contributed by atoms with van der Waals surface area (Å²) in [5.41, 5.74) is 1.98. The normalized spacial score (nSPS) is 10.3. The SMILES string of the molecule is CNc1c(CCC=O)cc(Br)cc1OCc1nccs1. The molecule has 0 atom stereocenters. The Morgan fingerprint density at radius 3 is 3.00 bits per heavy atom. The van der Waals surface area contributed by atoms with Crippen molar-refractivity contribution in [1.29, 1.82) is 0 Å². The van der Waals surface area contributed by atoms with E-state index in [0.717, 1.165) is 32.8 Å². The number of nitrogens with one attached hydrogen (secondary N) is 1. The number of thiazole rings is 1. The lowest BCUT2D eigenvalue weighted by Crippen LogP contribution is -2.03. The summed E-state index contributed by atoms with van der Waals surface area (Å²) in [4.78, 5) is 14.8. The summed E-state index contributed by atoms with van der Waals surface area (Å²) in [7, 11) is 1.85. The maximum absolute atomic E-state index is 10.6. The van der Waals surface area contributed by atoms with Gasteiger partial charge in [-0.2, -0.15) is 0 Å². The number of rotatable bonds is 7. The molecule has 0 unspecified atom stereocenters. The van der Waals surface area contributed by atoms with E-state index in [1.165, 1.54) is 0 Å². The largest absolute Gasteiger partial charge is 0.484 e. The summed E-state index contributed by atoms with van der Waals surface area (Å²) in [6.07, 6.45) is 3.87. The van der Waals surface area contributed by atoms with Gasteiger partial charge in [0.05, 0.1) is 5.69 Å². The lowest BCUT2D eigenvalue weighted by Gasteiger charge is -2.15. The number of aromatic nitrogens is 1. The van der Waals surface area contributed by atoms with Crippen molar-refractivity contribution < 1.29 is 9.53 Å². The lowest BCUT2D eigenvalue weighted by molar-refractivity contribution is -0.107. The lowest BCUT2D eigenvalue weighted by atomic mass is 10.1. The highest BCUT2D eigenvalue weighted by molar-refractivity contribution is 9.10. The molecule has 0 aliphatic carbocycles. The molecule has 0 saturated carbocycles. The maximum Gasteiger partial charge on any atom is 0.144 e. The van der Waals surface area contributed by atoms with E-state index in [0.29, 0.717) is 19.4 Å². The Bertz CT molecular complexity index is 573. The van der Waals surface area contributed by atoms with Crippen molar-refractivity contribution >= 4 is 39.2 Å². The molecule has 4 nitrogen and oxygen atoms in total. The Kier molecular flexibility index (Phi) is 5.55. The van der Waals surface area contributed by atoms with Gasteiger partial charge in [-0.25, -0.2) is 4.98 Å². The number of halogens is 1. The third-order valence-electron chi connectivity index (χ3n) is 2.76. The summed E-state index contributed by atoms with van der Waals surface area (Å²) < 4.78 is 6.78. The predicted octanol–water partition coefficient (Wildman–Crippen LogP) is 3.66. The zero-order chi connectivity index (χ0) is 14.4. The number of carbonyl (C=O) groups excluding carboxylic acids is 1. The first-order valence-corrected chi connectivity index (χ1v) is 7.87. The minimum absolute atomic E-state index is 0.440. The average molecular weight is 355 g/mol. The fourth-order valence-corrected chi connectivity index (χ4v) is 2.92. The van der Waals surface area contributed by atoms with Gasteiger partial charge in [0, 0.05) is 29.5 Å². The monoisotopic (exact) mass is 354 g/mol. The van der Waals surface area contributed by atoms with E-state index in [2.05, 4.69) is 26.2 Å². The molecule has 0 radical (unpaired) electrons. The Labute approximate surface area is 130 Å². The zero-order valence-electron chi connectivity index (χ0n) is 11.1. The van der Waals surface area contributed by atoms with Crippen LogP contribution in [0.1, 0.15) is 17.0 Å². The van der Waals surface area contributed by atoms with Crippen LogP contribution >= 0.6 is 27.3 Å². The fourth-order valence-electron chi connectivity index (χ4n) is 1.91. The third kappa shape index (κ3) is 3.80. The molecule has 0 bridgehead atoms. The van der Waals surface area contributed by atoms with E-state index in [9.17, 15) is 4.79 Å². The van der Waals surface area contributed by atoms with Gasteiger partial charge in [0.1, 0.15) is 23.7 Å². The Balaban J connectivity index is 2.21. The predicted molar refractivity (Wildman–Crippen MR) is 84.5 cm³/mol. The van der Waals surface area contributed by atoms with Gasteiger partial charge in [-0.15, -0.1) is 11.3 Å². The molecule has 106 valence electrons. The number of nitrogens with zero attached hydrogens (tertiary/aromatic N) is 1. The Hall–Kier alpha value is -1.40. The van der Waals surface area contributed by atoms with Crippen LogP contribution in [0.3, 0.4) is 0 Å². The molecule has 0 spiro atoms. The third-order valence-corrected chi connectivity index (χ3v) is 3.98. The van der Waals surface area contributed by atoms with Gasteiger partial charge in [-0.3, -0.25) is 0 Å². The Morgan fingerprint density at radius 1 is 1.50 bits per heavy atom. The van der Waals surface area contributed by atoms with Crippen LogP contribution in [0.15, 0.2) is 28.2 Å². The number of aryl methyl sites for hydroxylation is 1. The second-order valence-corrected chi connectivity index (χ2v) is 6.00. The van der Waals surface area contributed by atoms with Gasteiger partial charge >= 0.3 is 0 Å². The summed E-state index contributed by atoms with van der Waals surface area (Å²) in [5.74, 6) is 0.762. The van der Waals surface area contributed by atoms with Crippen LogP contribution in [-0.2, 0) is 17.8 Å². The van der Waals surface area contributed by atoms with Crippen LogP contribution in [0.2, 0.25) is 0 Å². The first-order chi connectivity index (χ1) is 9.74. The molecular formula is C14H15BrN2O2S. The molecule has 0 fully saturated rings. The second-order valence-electron chi connectivity index (χ2n) is 4.11. The number of anilines is 1. The highest BCUT2D eigenvalue weighted by Crippen LogP contribution is 2.33. The van der Waals surface area contributed by atoms with E-state index in [1.807, 2.05) is 24.6 Å². The van der Waals surface area contributed by atoms with Crippen LogP contribution in [-0.4, -0.2) is 18.3 Å². The van der Waals surface area contributed by atoms with Crippen molar-refractivity contribution in [2.24, 2.45) is 0 Å². The average Bonchev–Trinajstić information content (AvgIpc) is 2.95. The number of hydrogen-bond donors (Lipinski definition) is 1. The van der Waals surface area contributed by atoms with Gasteiger partial charge in [-0.1, -0.05) is 15.9 Å². The van der Waals surface area contributed by atoms with Crippen LogP contribution in [0.4, 0.5) is 5.69 Å². The number of hydrogen-bond acceptors (Lipinski definition) is 5. The Morgan fingerprint density at radius 2 is 2.35 bits per heavy atom. The van der Waals surface area contributed by atoms with E-state index < -0.39 is 0 Å². The van der Waals surface area contributed by atoms with Crippen LogP contribution in [0, 0.1) is 0 Å². The number of carbonyl (C=O) groups is 1. The van der Waals surface area contributed by atoms with E-state index in [-0.39, 0.29) is 0 Å². The van der Waals surface area contributed by atoms with Crippen LogP contribution in [0.5, 0.6) is 5.75 Å². The quantitative estimate of drug-likeness (QED) is 0.771. The molecule has 0 aliphatic heterocycles. The smallest absolute Gasteiger partial charge is 0.144 e. The highest BCUT2D eigenvalue weighted by atomic mass is 79.9. The van der Waals surface area contributed by atoms with Crippen molar-refractivity contribution in [3.63, 3.8) is 0 Å². The van der Waals surface area contributed by atoms with Crippen molar-refractivity contribution in [3.8, 4) is 5.75 Å². The zero-order valence-corrected chi connectivity index (χ0v) is 13.5. The maximum atomic E-state index is 10.6. The topological polar surface area (TPSA) is 51.2 Å². The molecule has 6 heteroatoms. The van der Waals surface area contributed by atoms with Gasteiger partial charge in [-0.05, 0) is 24.1 Å². The number of ether oxygens (including phenoxy) is 1. The first-order valence-electron chi connectivity index (χ1n) is 6.19. The molecule has 1 aromatic carbocycles. The molecule has 0 aliphatic rings. The fraction of sp³-hybridized carbons (Fsp3) is 0.286. The van der Waals surface area contributed by atoms with E-state index in [1.54, 1.807) is 17.5 Å². The van der Waals surface area contributed by atoms with Gasteiger partial charge in [0.2, 0.25) is 0 Å². The van der Waals surface area contributed by atoms with Gasteiger partial charge < -0.3 is 14.8 Å². The molecule has 1 N–H and O–H groups in total. The number of aldehydes is 1. The second kappa shape index (κ2) is 7.40. The van der Waals surface area contributed by atoms with Crippen molar-refractivity contribution in [3.05, 3.63) is 38.8 Å². The number of benzene rings is 1. The van der Waals surface area contributed by atoms with E-state index in [4.69, 9.17) is 4.74 Å². The first kappa shape index (κ1) is 15.0. The molecule has 0 saturated heterocycles. The van der Waals surface area contributed by atoms with Gasteiger partial charge in [0.25, 0.3) is 0 Å². The molecule has 1 heterocycles. The molecule has 0 amide bonds. The molecule has 1 aromatic heterocycles.